The van der Waals surface area contributed by atoms with E-state index in [1.54, 1.807) is 0 Å². The molecule has 0 spiro atoms. The summed E-state index contributed by atoms with van der Waals surface area (Å²) in [6.07, 6.45) is 0. The van der Waals surface area contributed by atoms with Crippen molar-refractivity contribution in [2.75, 3.05) is 4.90 Å². The van der Waals surface area contributed by atoms with Crippen LogP contribution in [-0.2, 0) is 0 Å². The fraction of sp³-hybridized carbons (Fsp3) is 0. The average molecular weight is 734 g/mol. The smallest absolute Gasteiger partial charge is 0.143 e. The molecule has 0 radical (unpaired) electrons. The minimum absolute atomic E-state index is 0.899. The molecule has 4 heteroatoms. The molecule has 0 N–H and O–H groups in total. The van der Waals surface area contributed by atoms with Crippen LogP contribution in [0.25, 0.3) is 97.1 Å². The fourth-order valence-corrected chi connectivity index (χ4v) is 9.83. The van der Waals surface area contributed by atoms with E-state index in [-0.39, 0.29) is 0 Å². The Bertz CT molecular complexity index is 3480. The lowest BCUT2D eigenvalue weighted by Crippen LogP contribution is -2.09. The van der Waals surface area contributed by atoms with Crippen molar-refractivity contribution in [3.63, 3.8) is 0 Å². The molecule has 3 heterocycles. The number of furan rings is 2. The van der Waals surface area contributed by atoms with Crippen LogP contribution in [0.3, 0.4) is 0 Å². The number of anilines is 3. The number of hydrogen-bond acceptors (Lipinski definition) is 4. The van der Waals surface area contributed by atoms with Crippen LogP contribution < -0.4 is 4.90 Å². The highest BCUT2D eigenvalue weighted by Gasteiger charge is 2.19. The van der Waals surface area contributed by atoms with Crippen molar-refractivity contribution in [1.82, 2.24) is 0 Å². The molecule has 3 nitrogen and oxygen atoms in total. The number of benzene rings is 9. The molecular formula is C52H31NO2S. The molecule has 56 heavy (non-hydrogen) atoms. The number of hydrogen-bond donors (Lipinski definition) is 0. The van der Waals surface area contributed by atoms with Gasteiger partial charge >= 0.3 is 0 Å². The van der Waals surface area contributed by atoms with Gasteiger partial charge < -0.3 is 13.7 Å². The van der Waals surface area contributed by atoms with Crippen LogP contribution in [0.2, 0.25) is 0 Å². The largest absolute Gasteiger partial charge is 0.456 e. The van der Waals surface area contributed by atoms with Crippen LogP contribution in [0.5, 0.6) is 0 Å². The number of nitrogens with zero attached hydrogens (tertiary/aromatic N) is 1. The summed E-state index contributed by atoms with van der Waals surface area (Å²) < 4.78 is 15.3. The van der Waals surface area contributed by atoms with Crippen LogP contribution in [0, 0.1) is 0 Å². The summed E-state index contributed by atoms with van der Waals surface area (Å²) in [4.78, 5) is 2.37. The third kappa shape index (κ3) is 4.76. The standard InChI is InChI=1S/C52H31NO2S/c1-2-10-40-32(9-1)23-29-44-51-39(14-8-17-47(51)55-52(40)44)34-21-26-36(27-22-34)53(37-28-30-42-41-11-4-6-18-48(41)56-49(42)31-37)35-24-19-33(20-25-35)38-13-7-16-46-50(38)43-12-3-5-15-45(43)54-46/h1-31H. The maximum atomic E-state index is 6.53. The lowest BCUT2D eigenvalue weighted by Gasteiger charge is -2.26. The van der Waals surface area contributed by atoms with Gasteiger partial charge in [0.2, 0.25) is 0 Å². The van der Waals surface area contributed by atoms with Crippen LogP contribution >= 0.6 is 11.3 Å². The molecule has 0 saturated carbocycles. The van der Waals surface area contributed by atoms with Crippen molar-refractivity contribution in [3.05, 3.63) is 188 Å². The first-order chi connectivity index (χ1) is 27.7. The second-order valence-corrected chi connectivity index (χ2v) is 15.5. The zero-order chi connectivity index (χ0) is 36.7. The van der Waals surface area contributed by atoms with Gasteiger partial charge in [-0.05, 0) is 94.4 Å². The van der Waals surface area contributed by atoms with E-state index in [1.807, 2.05) is 23.5 Å². The third-order valence-electron chi connectivity index (χ3n) is 11.3. The Kier molecular flexibility index (Phi) is 6.80. The van der Waals surface area contributed by atoms with Crippen LogP contribution in [0.1, 0.15) is 0 Å². The molecule has 12 aromatic rings. The fourth-order valence-electron chi connectivity index (χ4n) is 8.69. The molecule has 3 aromatic heterocycles. The van der Waals surface area contributed by atoms with Gasteiger partial charge in [-0.1, -0.05) is 121 Å². The first-order valence-corrected chi connectivity index (χ1v) is 19.7. The second-order valence-electron chi connectivity index (χ2n) is 14.4. The normalized spacial score (nSPS) is 11.9. The predicted molar refractivity (Wildman–Crippen MR) is 237 cm³/mol. The highest BCUT2D eigenvalue weighted by Crippen LogP contribution is 2.44. The van der Waals surface area contributed by atoms with Gasteiger partial charge in [-0.15, -0.1) is 11.3 Å². The Hall–Kier alpha value is -7.14. The van der Waals surface area contributed by atoms with Gasteiger partial charge in [0.1, 0.15) is 22.3 Å². The molecule has 9 aromatic carbocycles. The van der Waals surface area contributed by atoms with E-state index in [4.69, 9.17) is 8.83 Å². The lowest BCUT2D eigenvalue weighted by molar-refractivity contribution is 0.669. The van der Waals surface area contributed by atoms with E-state index in [0.717, 1.165) is 88.6 Å². The SMILES string of the molecule is c1ccc2c(c1)ccc1c2oc2cccc(-c3ccc(N(c4ccc(-c5cccc6oc7ccccc7c56)cc4)c4ccc5c(c4)sc4ccccc45)cc3)c21. The van der Waals surface area contributed by atoms with E-state index in [2.05, 4.69) is 181 Å². The molecule has 0 fully saturated rings. The summed E-state index contributed by atoms with van der Waals surface area (Å²) >= 11 is 1.84. The lowest BCUT2D eigenvalue weighted by atomic mass is 9.97. The minimum atomic E-state index is 0.899. The molecular weight excluding hydrogens is 703 g/mol. The third-order valence-corrected chi connectivity index (χ3v) is 12.4. The second kappa shape index (κ2) is 12.2. The Morgan fingerprint density at radius 1 is 0.357 bits per heavy atom. The summed E-state index contributed by atoms with van der Waals surface area (Å²) in [7, 11) is 0. The highest BCUT2D eigenvalue weighted by molar-refractivity contribution is 7.25. The van der Waals surface area contributed by atoms with E-state index >= 15 is 0 Å². The zero-order valence-corrected chi connectivity index (χ0v) is 30.9. The van der Waals surface area contributed by atoms with E-state index in [0.29, 0.717) is 0 Å². The number of thiophene rings is 1. The molecule has 0 atom stereocenters. The molecule has 0 bridgehead atoms. The molecule has 0 amide bonds. The Morgan fingerprint density at radius 2 is 0.911 bits per heavy atom. The molecule has 0 aliphatic rings. The van der Waals surface area contributed by atoms with Gasteiger partial charge in [-0.2, -0.15) is 0 Å². The highest BCUT2D eigenvalue weighted by atomic mass is 32.1. The van der Waals surface area contributed by atoms with Gasteiger partial charge in [-0.25, -0.2) is 0 Å². The van der Waals surface area contributed by atoms with Gasteiger partial charge in [0.25, 0.3) is 0 Å². The molecule has 12 rings (SSSR count). The summed E-state index contributed by atoms with van der Waals surface area (Å²) in [6, 6.07) is 67.3. The Morgan fingerprint density at radius 3 is 1.66 bits per heavy atom. The summed E-state index contributed by atoms with van der Waals surface area (Å²) in [5.41, 5.74) is 11.5. The topological polar surface area (TPSA) is 29.5 Å². The van der Waals surface area contributed by atoms with Crippen LogP contribution in [0.4, 0.5) is 17.1 Å². The van der Waals surface area contributed by atoms with Crippen molar-refractivity contribution in [1.29, 1.82) is 0 Å². The van der Waals surface area contributed by atoms with Gasteiger partial charge in [0, 0.05) is 64.2 Å². The molecule has 0 aliphatic carbocycles. The van der Waals surface area contributed by atoms with Gasteiger partial charge in [0.15, 0.2) is 0 Å². The molecule has 0 aliphatic heterocycles. The molecule has 0 unspecified atom stereocenters. The monoisotopic (exact) mass is 733 g/mol. The Balaban J connectivity index is 0.991. The van der Waals surface area contributed by atoms with Gasteiger partial charge in [-0.3, -0.25) is 0 Å². The summed E-state index contributed by atoms with van der Waals surface area (Å²) in [6.45, 7) is 0. The van der Waals surface area contributed by atoms with Crippen molar-refractivity contribution in [2.45, 2.75) is 0 Å². The number of rotatable bonds is 5. The van der Waals surface area contributed by atoms with Crippen molar-refractivity contribution in [2.24, 2.45) is 0 Å². The van der Waals surface area contributed by atoms with Crippen LogP contribution in [0.15, 0.2) is 197 Å². The first-order valence-electron chi connectivity index (χ1n) is 18.9. The molecule has 0 saturated heterocycles. The van der Waals surface area contributed by atoms with Crippen molar-refractivity contribution >= 4 is 103 Å². The van der Waals surface area contributed by atoms with Crippen LogP contribution in [-0.4, -0.2) is 0 Å². The first kappa shape index (κ1) is 31.2. The van der Waals surface area contributed by atoms with E-state index < -0.39 is 0 Å². The summed E-state index contributed by atoms with van der Waals surface area (Å²) in [5.74, 6) is 0. The Labute approximate surface area is 325 Å². The average Bonchev–Trinajstić information content (AvgIpc) is 3.96. The quantitative estimate of drug-likeness (QED) is 0.176. The zero-order valence-electron chi connectivity index (χ0n) is 30.1. The van der Waals surface area contributed by atoms with Crippen molar-refractivity contribution < 1.29 is 8.83 Å². The van der Waals surface area contributed by atoms with Gasteiger partial charge in [0.05, 0.1) is 0 Å². The maximum Gasteiger partial charge on any atom is 0.143 e. The van der Waals surface area contributed by atoms with E-state index in [1.165, 1.54) is 25.6 Å². The minimum Gasteiger partial charge on any atom is -0.456 e. The van der Waals surface area contributed by atoms with Crippen molar-refractivity contribution in [3.8, 4) is 22.3 Å². The predicted octanol–water partition coefficient (Wildman–Crippen LogP) is 15.8. The number of para-hydroxylation sites is 1. The maximum absolute atomic E-state index is 6.53. The summed E-state index contributed by atoms with van der Waals surface area (Å²) in [5, 5.41) is 9.45. The number of fused-ring (bicyclic) bond motifs is 11. The van der Waals surface area contributed by atoms with E-state index in [9.17, 15) is 0 Å². The molecule has 262 valence electrons.